The summed E-state index contributed by atoms with van der Waals surface area (Å²) in [7, 11) is 0. The number of hydrogen-bond donors (Lipinski definition) is 1. The predicted molar refractivity (Wildman–Crippen MR) is 49.5 cm³/mol. The van der Waals surface area contributed by atoms with E-state index in [9.17, 15) is 4.79 Å². The minimum atomic E-state index is 0.0515. The first-order valence-electron chi connectivity index (χ1n) is 3.88. The monoisotopic (exact) mass is 179 g/mol. The Labute approximate surface area is 75.4 Å². The fraction of sp³-hybridized carbons (Fsp3) is 0.222. The molecule has 0 aromatic heterocycles. The molecule has 1 aromatic rings. The maximum absolute atomic E-state index is 11.4. The van der Waals surface area contributed by atoms with Crippen LogP contribution in [0.2, 0.25) is 0 Å². The molecule has 2 nitrogen and oxygen atoms in total. The highest BCUT2D eigenvalue weighted by Gasteiger charge is 2.13. The summed E-state index contributed by atoms with van der Waals surface area (Å²) < 4.78 is 0. The first-order chi connectivity index (χ1) is 5.88. The molecule has 1 aliphatic heterocycles. The van der Waals surface area contributed by atoms with Gasteiger partial charge in [0.2, 0.25) is 0 Å². The number of amides is 1. The third-order valence-electron chi connectivity index (χ3n) is 1.78. The topological polar surface area (TPSA) is 29.1 Å². The molecular weight excluding hydrogens is 170 g/mol. The summed E-state index contributed by atoms with van der Waals surface area (Å²) in [5.74, 6) is 1.01. The van der Waals surface area contributed by atoms with Gasteiger partial charge in [0.25, 0.3) is 5.91 Å². The van der Waals surface area contributed by atoms with Crippen LogP contribution in [-0.4, -0.2) is 18.2 Å². The summed E-state index contributed by atoms with van der Waals surface area (Å²) in [5.41, 5.74) is 0.806. The molecule has 62 valence electrons. The first kappa shape index (κ1) is 7.68. The molecule has 0 atom stereocenters. The second-order valence-corrected chi connectivity index (χ2v) is 3.74. The molecule has 0 unspecified atom stereocenters. The van der Waals surface area contributed by atoms with Gasteiger partial charge in [-0.1, -0.05) is 12.1 Å². The molecule has 3 heteroatoms. The predicted octanol–water partition coefficient (Wildman–Crippen LogP) is 1.52. The van der Waals surface area contributed by atoms with Crippen molar-refractivity contribution < 1.29 is 4.79 Å². The van der Waals surface area contributed by atoms with Gasteiger partial charge in [-0.25, -0.2) is 0 Å². The fourth-order valence-corrected chi connectivity index (χ4v) is 2.12. The number of fused-ring (bicyclic) bond motifs is 1. The van der Waals surface area contributed by atoms with Crippen molar-refractivity contribution in [3.8, 4) is 0 Å². The van der Waals surface area contributed by atoms with E-state index in [0.29, 0.717) is 0 Å². The Morgan fingerprint density at radius 3 is 3.08 bits per heavy atom. The molecular formula is C9H9NOS. The minimum absolute atomic E-state index is 0.0515. The van der Waals surface area contributed by atoms with Gasteiger partial charge >= 0.3 is 0 Å². The van der Waals surface area contributed by atoms with E-state index in [-0.39, 0.29) is 5.91 Å². The zero-order valence-corrected chi connectivity index (χ0v) is 7.36. The van der Waals surface area contributed by atoms with Crippen LogP contribution in [0.25, 0.3) is 0 Å². The highest BCUT2D eigenvalue weighted by atomic mass is 32.2. The maximum atomic E-state index is 11.4. The number of thioether (sulfide) groups is 1. The van der Waals surface area contributed by atoms with Crippen LogP contribution in [0.3, 0.4) is 0 Å². The van der Waals surface area contributed by atoms with Gasteiger partial charge in [-0.05, 0) is 12.1 Å². The fourth-order valence-electron chi connectivity index (χ4n) is 1.20. The lowest BCUT2D eigenvalue weighted by Gasteiger charge is -2.00. The lowest BCUT2D eigenvalue weighted by atomic mass is 10.2. The lowest BCUT2D eigenvalue weighted by Crippen LogP contribution is -2.23. The van der Waals surface area contributed by atoms with Crippen LogP contribution in [0.5, 0.6) is 0 Å². The SMILES string of the molecule is O=C1NCCSc2ccccc21. The number of hydrogen-bond acceptors (Lipinski definition) is 2. The van der Waals surface area contributed by atoms with Gasteiger partial charge in [0.1, 0.15) is 0 Å². The van der Waals surface area contributed by atoms with Crippen molar-refractivity contribution >= 4 is 17.7 Å². The lowest BCUT2D eigenvalue weighted by molar-refractivity contribution is 0.0954. The zero-order valence-electron chi connectivity index (χ0n) is 6.54. The summed E-state index contributed by atoms with van der Waals surface area (Å²) in [6, 6.07) is 7.71. The van der Waals surface area contributed by atoms with Crippen LogP contribution in [0.1, 0.15) is 10.4 Å². The minimum Gasteiger partial charge on any atom is -0.351 e. The summed E-state index contributed by atoms with van der Waals surface area (Å²) >= 11 is 1.73. The van der Waals surface area contributed by atoms with E-state index < -0.39 is 0 Å². The van der Waals surface area contributed by atoms with Crippen LogP contribution in [0.15, 0.2) is 29.2 Å². The van der Waals surface area contributed by atoms with Crippen molar-refractivity contribution in [3.63, 3.8) is 0 Å². The highest BCUT2D eigenvalue weighted by molar-refractivity contribution is 7.99. The van der Waals surface area contributed by atoms with Crippen molar-refractivity contribution in [3.05, 3.63) is 29.8 Å². The molecule has 1 aromatic carbocycles. The van der Waals surface area contributed by atoms with Crippen molar-refractivity contribution in [2.75, 3.05) is 12.3 Å². The normalized spacial score (nSPS) is 16.2. The van der Waals surface area contributed by atoms with Crippen molar-refractivity contribution in [1.29, 1.82) is 0 Å². The molecule has 0 saturated heterocycles. The Kier molecular flexibility index (Phi) is 2.04. The molecule has 0 saturated carbocycles. The Balaban J connectivity index is 2.46. The molecule has 0 fully saturated rings. The standard InChI is InChI=1S/C9H9NOS/c11-9-7-3-1-2-4-8(7)12-6-5-10-9/h1-4H,5-6H2,(H,10,11). The number of carbonyl (C=O) groups excluding carboxylic acids is 1. The smallest absolute Gasteiger partial charge is 0.252 e. The van der Waals surface area contributed by atoms with E-state index in [1.165, 1.54) is 0 Å². The second-order valence-electron chi connectivity index (χ2n) is 2.60. The van der Waals surface area contributed by atoms with Crippen LogP contribution in [0, 0.1) is 0 Å². The Bertz CT molecular complexity index is 311. The van der Waals surface area contributed by atoms with Gasteiger partial charge in [0.15, 0.2) is 0 Å². The maximum Gasteiger partial charge on any atom is 0.252 e. The van der Waals surface area contributed by atoms with Crippen LogP contribution in [-0.2, 0) is 0 Å². The van der Waals surface area contributed by atoms with Gasteiger partial charge in [-0.15, -0.1) is 11.8 Å². The average molecular weight is 179 g/mol. The molecule has 2 rings (SSSR count). The molecule has 0 radical (unpaired) electrons. The Hall–Kier alpha value is -0.960. The van der Waals surface area contributed by atoms with E-state index in [1.54, 1.807) is 11.8 Å². The molecule has 12 heavy (non-hydrogen) atoms. The van der Waals surface area contributed by atoms with Crippen molar-refractivity contribution in [2.24, 2.45) is 0 Å². The zero-order chi connectivity index (χ0) is 8.39. The van der Waals surface area contributed by atoms with E-state index >= 15 is 0 Å². The van der Waals surface area contributed by atoms with Gasteiger partial charge in [0.05, 0.1) is 5.56 Å². The summed E-state index contributed by atoms with van der Waals surface area (Å²) in [5, 5.41) is 2.84. The van der Waals surface area contributed by atoms with E-state index in [4.69, 9.17) is 0 Å². The van der Waals surface area contributed by atoms with Crippen LogP contribution >= 0.6 is 11.8 Å². The third kappa shape index (κ3) is 1.32. The molecule has 1 amide bonds. The molecule has 0 bridgehead atoms. The van der Waals surface area contributed by atoms with Gasteiger partial charge < -0.3 is 5.32 Å². The summed E-state index contributed by atoms with van der Waals surface area (Å²) in [6.07, 6.45) is 0. The van der Waals surface area contributed by atoms with Crippen LogP contribution < -0.4 is 5.32 Å². The average Bonchev–Trinajstić information content (AvgIpc) is 2.29. The summed E-state index contributed by atoms with van der Waals surface area (Å²) in [4.78, 5) is 12.5. The number of nitrogens with one attached hydrogen (secondary N) is 1. The van der Waals surface area contributed by atoms with Gasteiger partial charge in [-0.3, -0.25) is 4.79 Å². The van der Waals surface area contributed by atoms with Gasteiger partial charge in [-0.2, -0.15) is 0 Å². The van der Waals surface area contributed by atoms with E-state index in [2.05, 4.69) is 5.32 Å². The molecule has 1 N–H and O–H groups in total. The Morgan fingerprint density at radius 1 is 1.33 bits per heavy atom. The quantitative estimate of drug-likeness (QED) is 0.654. The summed E-state index contributed by atoms with van der Waals surface area (Å²) in [6.45, 7) is 0.762. The van der Waals surface area contributed by atoms with Crippen molar-refractivity contribution in [2.45, 2.75) is 4.90 Å². The van der Waals surface area contributed by atoms with E-state index in [1.807, 2.05) is 24.3 Å². The number of carbonyl (C=O) groups is 1. The number of rotatable bonds is 0. The Morgan fingerprint density at radius 2 is 2.17 bits per heavy atom. The second kappa shape index (κ2) is 3.19. The van der Waals surface area contributed by atoms with Gasteiger partial charge in [0, 0.05) is 17.2 Å². The highest BCUT2D eigenvalue weighted by Crippen LogP contribution is 2.23. The molecule has 1 aliphatic rings. The molecule has 1 heterocycles. The first-order valence-corrected chi connectivity index (χ1v) is 4.86. The van der Waals surface area contributed by atoms with Crippen molar-refractivity contribution in [1.82, 2.24) is 5.32 Å². The molecule has 0 aliphatic carbocycles. The third-order valence-corrected chi connectivity index (χ3v) is 2.85. The largest absolute Gasteiger partial charge is 0.351 e. The number of benzene rings is 1. The van der Waals surface area contributed by atoms with Crippen LogP contribution in [0.4, 0.5) is 0 Å². The molecule has 0 spiro atoms. The van der Waals surface area contributed by atoms with E-state index in [0.717, 1.165) is 22.8 Å².